The van der Waals surface area contributed by atoms with Crippen LogP contribution in [-0.2, 0) is 32.7 Å². The molecular formula is C11H18NOY. The van der Waals surface area contributed by atoms with Crippen LogP contribution in [0.1, 0.15) is 0 Å². The molecule has 76 valence electrons. The van der Waals surface area contributed by atoms with E-state index >= 15 is 0 Å². The van der Waals surface area contributed by atoms with Crippen molar-refractivity contribution in [2.75, 3.05) is 13.1 Å². The van der Waals surface area contributed by atoms with Gasteiger partial charge in [-0.2, -0.15) is 0 Å². The first kappa shape index (κ1) is 19.6. The molecular weight excluding hydrogens is 251 g/mol. The average Bonchev–Trinajstić information content (AvgIpc) is 2.08. The Morgan fingerprint density at radius 3 is 1.64 bits per heavy atom. The van der Waals surface area contributed by atoms with Crippen LogP contribution in [0.15, 0.2) is 30.3 Å². The second-order valence-electron chi connectivity index (χ2n) is 2.09. The maximum absolute atomic E-state index is 8.63. The fourth-order valence-corrected chi connectivity index (χ4v) is 0.553. The molecule has 1 aromatic rings. The largest absolute Gasteiger partial charge is 3.00 e. The zero-order valence-electron chi connectivity index (χ0n) is 8.74. The van der Waals surface area contributed by atoms with Crippen LogP contribution in [0.4, 0.5) is 0 Å². The van der Waals surface area contributed by atoms with Crippen LogP contribution < -0.4 is 5.32 Å². The van der Waals surface area contributed by atoms with Gasteiger partial charge >= 0.3 is 32.7 Å². The van der Waals surface area contributed by atoms with E-state index in [1.165, 1.54) is 0 Å². The number of nitrogens with one attached hydrogen (secondary N) is 1. The van der Waals surface area contributed by atoms with Crippen molar-refractivity contribution >= 4 is 0 Å². The molecule has 0 saturated heterocycles. The maximum Gasteiger partial charge on any atom is 3.00 e. The molecule has 0 unspecified atom stereocenters. The molecule has 0 aliphatic rings. The van der Waals surface area contributed by atoms with E-state index in [1.807, 2.05) is 6.07 Å². The molecule has 0 amide bonds. The fraction of sp³-hybridized carbons (Fsp3) is 0.182. The molecule has 3 heteroatoms. The Bertz CT molecular complexity index is 178. The number of hydrogen-bond acceptors (Lipinski definition) is 2. The number of aromatic hydroxyl groups is 1. The van der Waals surface area contributed by atoms with Gasteiger partial charge in [0, 0.05) is 0 Å². The van der Waals surface area contributed by atoms with E-state index in [0.29, 0.717) is 5.75 Å². The molecule has 1 aromatic carbocycles. The van der Waals surface area contributed by atoms with E-state index < -0.39 is 0 Å². The summed E-state index contributed by atoms with van der Waals surface area (Å²) in [5, 5.41) is 11.5. The predicted molar refractivity (Wildman–Crippen MR) is 58.1 cm³/mol. The zero-order valence-corrected chi connectivity index (χ0v) is 11.6. The maximum atomic E-state index is 8.63. The summed E-state index contributed by atoms with van der Waals surface area (Å²) in [5.41, 5.74) is 0. The van der Waals surface area contributed by atoms with Crippen molar-refractivity contribution in [1.29, 1.82) is 0 Å². The predicted octanol–water partition coefficient (Wildman–Crippen LogP) is 2.08. The van der Waals surface area contributed by atoms with Crippen LogP contribution >= 0.6 is 0 Å². The van der Waals surface area contributed by atoms with Crippen LogP contribution in [0.2, 0.25) is 0 Å². The molecule has 0 aliphatic heterocycles. The van der Waals surface area contributed by atoms with Gasteiger partial charge in [-0.1, -0.05) is 18.2 Å². The third-order valence-corrected chi connectivity index (χ3v) is 1.11. The van der Waals surface area contributed by atoms with Crippen LogP contribution in [0.5, 0.6) is 5.75 Å². The van der Waals surface area contributed by atoms with E-state index in [2.05, 4.69) is 19.2 Å². The second kappa shape index (κ2) is 15.6. The van der Waals surface area contributed by atoms with Crippen molar-refractivity contribution in [3.05, 3.63) is 51.6 Å². The first-order chi connectivity index (χ1) is 5.81. The molecule has 0 aliphatic carbocycles. The van der Waals surface area contributed by atoms with E-state index in [1.54, 1.807) is 24.3 Å². The topological polar surface area (TPSA) is 32.3 Å². The molecule has 2 N–H and O–H groups in total. The summed E-state index contributed by atoms with van der Waals surface area (Å²) in [6.45, 7) is 8.61. The van der Waals surface area contributed by atoms with Crippen molar-refractivity contribution < 1.29 is 37.8 Å². The number of rotatable bonds is 2. The van der Waals surface area contributed by atoms with Crippen LogP contribution in [0.25, 0.3) is 0 Å². The first-order valence-corrected chi connectivity index (χ1v) is 3.84. The Kier molecular flexibility index (Phi) is 21.8. The van der Waals surface area contributed by atoms with Crippen molar-refractivity contribution in [3.8, 4) is 5.75 Å². The number of phenols is 1. The first-order valence-electron chi connectivity index (χ1n) is 3.84. The van der Waals surface area contributed by atoms with E-state index in [-0.39, 0.29) is 40.1 Å². The van der Waals surface area contributed by atoms with Gasteiger partial charge in [0.15, 0.2) is 0 Å². The van der Waals surface area contributed by atoms with Gasteiger partial charge in [0.2, 0.25) is 0 Å². The smallest absolute Gasteiger partial charge is 0.508 e. The minimum absolute atomic E-state index is 0. The second-order valence-corrected chi connectivity index (χ2v) is 2.09. The molecule has 0 atom stereocenters. The summed E-state index contributed by atoms with van der Waals surface area (Å²) < 4.78 is 0. The summed E-state index contributed by atoms with van der Waals surface area (Å²) in [6, 6.07) is 8.71. The van der Waals surface area contributed by atoms with E-state index in [4.69, 9.17) is 5.11 Å². The molecule has 0 bridgehead atoms. The summed E-state index contributed by atoms with van der Waals surface area (Å²) in [6.07, 6.45) is 0. The molecule has 0 fully saturated rings. The summed E-state index contributed by atoms with van der Waals surface area (Å²) in [4.78, 5) is 0. The summed E-state index contributed by atoms with van der Waals surface area (Å²) in [7, 11) is 0. The molecule has 0 spiro atoms. The van der Waals surface area contributed by atoms with Crippen molar-refractivity contribution in [3.63, 3.8) is 0 Å². The summed E-state index contributed by atoms with van der Waals surface area (Å²) in [5.74, 6) is 0.322. The van der Waals surface area contributed by atoms with Gasteiger partial charge < -0.3 is 31.7 Å². The minimum Gasteiger partial charge on any atom is -0.508 e. The Hall–Kier alpha value is 0.0839. The molecule has 0 heterocycles. The molecule has 0 saturated carbocycles. The molecule has 0 radical (unpaired) electrons. The number of hydrogen-bond donors (Lipinski definition) is 2. The molecule has 2 nitrogen and oxygen atoms in total. The van der Waals surface area contributed by atoms with Crippen LogP contribution in [0.3, 0.4) is 0 Å². The number of para-hydroxylation sites is 1. The normalized spacial score (nSPS) is 7.29. The van der Waals surface area contributed by atoms with E-state index in [0.717, 1.165) is 13.1 Å². The van der Waals surface area contributed by atoms with Crippen LogP contribution in [0, 0.1) is 21.3 Å². The molecule has 14 heavy (non-hydrogen) atoms. The van der Waals surface area contributed by atoms with Gasteiger partial charge in [-0.05, 0) is 12.1 Å². The number of benzene rings is 1. The molecule has 1 rings (SSSR count). The monoisotopic (exact) mass is 269 g/mol. The Morgan fingerprint density at radius 2 is 1.50 bits per heavy atom. The third kappa shape index (κ3) is 14.6. The minimum atomic E-state index is 0. The van der Waals surface area contributed by atoms with Crippen molar-refractivity contribution in [1.82, 2.24) is 5.32 Å². The van der Waals surface area contributed by atoms with Gasteiger partial charge in [0.05, 0.1) is 0 Å². The fourth-order valence-electron chi connectivity index (χ4n) is 0.553. The summed E-state index contributed by atoms with van der Waals surface area (Å²) >= 11 is 0. The van der Waals surface area contributed by atoms with Gasteiger partial charge in [-0.25, -0.2) is 0 Å². The average molecular weight is 269 g/mol. The zero-order chi connectivity index (χ0) is 9.23. The number of phenolic OH excluding ortho intramolecular Hbond substituents is 1. The van der Waals surface area contributed by atoms with Gasteiger partial charge in [0.1, 0.15) is 5.75 Å². The van der Waals surface area contributed by atoms with Gasteiger partial charge in [-0.15, -0.1) is 13.1 Å². The third-order valence-electron chi connectivity index (χ3n) is 1.11. The van der Waals surface area contributed by atoms with Crippen molar-refractivity contribution in [2.24, 2.45) is 0 Å². The Balaban J connectivity index is -0.000000159. The SMILES string of the molecule is Oc1ccccc1.[CH2-]CNC[CH2-].[CH3-].[Y+3]. The van der Waals surface area contributed by atoms with E-state index in [9.17, 15) is 0 Å². The van der Waals surface area contributed by atoms with Gasteiger partial charge in [0.25, 0.3) is 0 Å². The van der Waals surface area contributed by atoms with Gasteiger partial charge in [-0.3, -0.25) is 0 Å². The Morgan fingerprint density at radius 1 is 1.07 bits per heavy atom. The van der Waals surface area contributed by atoms with Crippen molar-refractivity contribution in [2.45, 2.75) is 0 Å². The van der Waals surface area contributed by atoms with Crippen LogP contribution in [-0.4, -0.2) is 18.2 Å². The quantitative estimate of drug-likeness (QED) is 0.806. The Labute approximate surface area is 113 Å². The molecule has 0 aromatic heterocycles. The standard InChI is InChI=1S/C6H6O.C4H9N.CH3.Y/c7-6-4-2-1-3-5-6;1-3-5-4-2;;/h1-5,7H;5H,1-4H2;1H3;/q;-2;-1;+3.